The second-order valence-corrected chi connectivity index (χ2v) is 7.90. The number of alkyl halides is 6. The number of ether oxygens (including phenoxy) is 2. The molecule has 0 radical (unpaired) electrons. The molecule has 0 amide bonds. The molecule has 2 heterocycles. The number of hydrogen-bond acceptors (Lipinski definition) is 5. The summed E-state index contributed by atoms with van der Waals surface area (Å²) in [6, 6.07) is 9.28. The molecule has 0 N–H and O–H groups in total. The maximum Gasteiger partial charge on any atom is 0.378 e. The summed E-state index contributed by atoms with van der Waals surface area (Å²) in [6.45, 7) is 2.50. The lowest BCUT2D eigenvalue weighted by Crippen LogP contribution is -2.58. The molecule has 0 unspecified atom stereocenters. The van der Waals surface area contributed by atoms with Crippen molar-refractivity contribution in [1.29, 1.82) is 0 Å². The summed E-state index contributed by atoms with van der Waals surface area (Å²) in [7, 11) is 0. The van der Waals surface area contributed by atoms with Gasteiger partial charge in [0.15, 0.2) is 13.2 Å². The van der Waals surface area contributed by atoms with E-state index in [1.54, 1.807) is 6.07 Å². The van der Waals surface area contributed by atoms with Crippen LogP contribution in [0.25, 0.3) is 22.3 Å². The topological polar surface area (TPSA) is 61.6 Å². The molecule has 0 aliphatic carbocycles. The number of rotatable bonds is 11. The van der Waals surface area contributed by atoms with Gasteiger partial charge in [-0.15, -0.1) is 0 Å². The number of aryl methyl sites for hydroxylation is 2. The van der Waals surface area contributed by atoms with Crippen molar-refractivity contribution in [2.24, 2.45) is 0 Å². The van der Waals surface area contributed by atoms with Crippen LogP contribution in [0, 0.1) is 0 Å². The molecule has 0 saturated carbocycles. The Kier molecular flexibility index (Phi) is 7.70. The van der Waals surface area contributed by atoms with Gasteiger partial charge in [-0.1, -0.05) is 20.4 Å². The van der Waals surface area contributed by atoms with E-state index in [-0.39, 0.29) is 11.3 Å². The summed E-state index contributed by atoms with van der Waals surface area (Å²) in [6.07, 6.45) is 1.82. The minimum absolute atomic E-state index is 0.209. The van der Waals surface area contributed by atoms with Crippen molar-refractivity contribution in [3.63, 3.8) is 0 Å². The zero-order chi connectivity index (χ0) is 26.7. The first-order valence-corrected chi connectivity index (χ1v) is 10.9. The van der Waals surface area contributed by atoms with Gasteiger partial charge < -0.3 is 13.9 Å². The van der Waals surface area contributed by atoms with Gasteiger partial charge >= 0.3 is 23.7 Å². The van der Waals surface area contributed by atoms with Crippen LogP contribution in [0.1, 0.15) is 25.2 Å². The van der Waals surface area contributed by atoms with E-state index in [0.717, 1.165) is 23.4 Å². The fourth-order valence-corrected chi connectivity index (χ4v) is 3.31. The average Bonchev–Trinajstić information content (AvgIpc) is 3.28. The standard InChI is InChI=1S/C25H23F6NO4/c1-4-16-8-10-18(19(5-2)32-16)21-11-15-7-9-17(12-20(15)36-21)34-13-23(26,27)25(30,31)24(28,29)14-35-22(33)6-3/h6-12H,3-5,13-14H2,1-2H3. The second-order valence-electron chi connectivity index (χ2n) is 7.90. The van der Waals surface area contributed by atoms with Gasteiger partial charge in [0.05, 0.1) is 5.69 Å². The third-order valence-electron chi connectivity index (χ3n) is 5.39. The van der Waals surface area contributed by atoms with Gasteiger partial charge in [-0.05, 0) is 43.2 Å². The highest BCUT2D eigenvalue weighted by molar-refractivity contribution is 5.84. The van der Waals surface area contributed by atoms with Gasteiger partial charge in [0.2, 0.25) is 0 Å². The molecule has 0 atom stereocenters. The van der Waals surface area contributed by atoms with Crippen LogP contribution in [0.2, 0.25) is 0 Å². The van der Waals surface area contributed by atoms with Gasteiger partial charge in [0.1, 0.15) is 17.1 Å². The van der Waals surface area contributed by atoms with E-state index >= 15 is 0 Å². The number of benzene rings is 1. The Hall–Kier alpha value is -3.50. The maximum absolute atomic E-state index is 14.1. The highest BCUT2D eigenvalue weighted by atomic mass is 19.3. The number of pyridine rings is 1. The Bertz CT molecular complexity index is 1250. The summed E-state index contributed by atoms with van der Waals surface area (Å²) in [4.78, 5) is 15.4. The van der Waals surface area contributed by atoms with Crippen molar-refractivity contribution < 1.29 is 45.0 Å². The summed E-state index contributed by atoms with van der Waals surface area (Å²) in [5.41, 5.74) is 2.65. The lowest BCUT2D eigenvalue weighted by Gasteiger charge is -2.32. The summed E-state index contributed by atoms with van der Waals surface area (Å²) >= 11 is 0. The molecule has 11 heteroatoms. The number of esters is 1. The van der Waals surface area contributed by atoms with E-state index in [1.807, 2.05) is 26.0 Å². The molecule has 0 fully saturated rings. The van der Waals surface area contributed by atoms with E-state index in [9.17, 15) is 31.1 Å². The van der Waals surface area contributed by atoms with Crippen LogP contribution >= 0.6 is 0 Å². The molecule has 3 aromatic rings. The summed E-state index contributed by atoms with van der Waals surface area (Å²) < 4.78 is 98.2. The number of furan rings is 1. The molecule has 0 saturated heterocycles. The third-order valence-corrected chi connectivity index (χ3v) is 5.39. The maximum atomic E-state index is 14.1. The highest BCUT2D eigenvalue weighted by Gasteiger charge is 2.72. The number of halogens is 6. The van der Waals surface area contributed by atoms with Crippen LogP contribution in [0.4, 0.5) is 26.3 Å². The van der Waals surface area contributed by atoms with Gasteiger partial charge in [0, 0.05) is 28.8 Å². The van der Waals surface area contributed by atoms with Gasteiger partial charge in [0.25, 0.3) is 0 Å². The van der Waals surface area contributed by atoms with E-state index in [1.165, 1.54) is 18.2 Å². The zero-order valence-electron chi connectivity index (χ0n) is 19.4. The van der Waals surface area contributed by atoms with Crippen LogP contribution in [-0.2, 0) is 22.4 Å². The Balaban J connectivity index is 1.78. The minimum Gasteiger partial charge on any atom is -0.487 e. The van der Waals surface area contributed by atoms with Crippen LogP contribution in [0.15, 0.2) is 53.5 Å². The zero-order valence-corrected chi connectivity index (χ0v) is 19.4. The van der Waals surface area contributed by atoms with Crippen LogP contribution in [-0.4, -0.2) is 41.9 Å². The highest BCUT2D eigenvalue weighted by Crippen LogP contribution is 2.46. The van der Waals surface area contributed by atoms with E-state index < -0.39 is 37.0 Å². The molecule has 0 bridgehead atoms. The summed E-state index contributed by atoms with van der Waals surface area (Å²) in [5, 5.41) is 0.576. The molecular formula is C25H23F6NO4. The normalized spacial score (nSPS) is 12.6. The summed E-state index contributed by atoms with van der Waals surface area (Å²) in [5.74, 6) is -17.8. The van der Waals surface area contributed by atoms with Gasteiger partial charge in [-0.25, -0.2) is 4.79 Å². The van der Waals surface area contributed by atoms with E-state index in [0.29, 0.717) is 23.6 Å². The SMILES string of the molecule is C=CC(=O)OCC(F)(F)C(F)(F)C(F)(F)COc1ccc2cc(-c3ccc(CC)nc3CC)oc2c1. The fraction of sp³-hybridized carbons (Fsp3) is 0.360. The lowest BCUT2D eigenvalue weighted by atomic mass is 10.1. The first-order chi connectivity index (χ1) is 16.8. The molecule has 3 rings (SSSR count). The molecule has 36 heavy (non-hydrogen) atoms. The number of nitrogens with zero attached hydrogens (tertiary/aromatic N) is 1. The Morgan fingerprint density at radius 3 is 2.33 bits per heavy atom. The molecule has 0 aliphatic rings. The van der Waals surface area contributed by atoms with Gasteiger partial charge in [-0.2, -0.15) is 26.3 Å². The second kappa shape index (κ2) is 10.2. The Morgan fingerprint density at radius 2 is 1.69 bits per heavy atom. The largest absolute Gasteiger partial charge is 0.487 e. The molecular weight excluding hydrogens is 492 g/mol. The first kappa shape index (κ1) is 27.1. The number of carbonyl (C=O) groups excluding carboxylic acids is 1. The number of hydrogen-bond donors (Lipinski definition) is 0. The van der Waals surface area contributed by atoms with Crippen molar-refractivity contribution in [2.45, 2.75) is 44.5 Å². The predicted molar refractivity (Wildman–Crippen MR) is 120 cm³/mol. The van der Waals surface area contributed by atoms with Gasteiger partial charge in [-0.3, -0.25) is 4.98 Å². The number of carbonyl (C=O) groups is 1. The van der Waals surface area contributed by atoms with Crippen molar-refractivity contribution in [2.75, 3.05) is 13.2 Å². The fourth-order valence-electron chi connectivity index (χ4n) is 3.31. The molecule has 0 aliphatic heterocycles. The quantitative estimate of drug-likeness (QED) is 0.163. The smallest absolute Gasteiger partial charge is 0.378 e. The molecule has 0 spiro atoms. The van der Waals surface area contributed by atoms with Crippen LogP contribution in [0.5, 0.6) is 5.75 Å². The minimum atomic E-state index is -5.88. The monoisotopic (exact) mass is 515 g/mol. The third kappa shape index (κ3) is 5.34. The van der Waals surface area contributed by atoms with Crippen LogP contribution < -0.4 is 4.74 Å². The predicted octanol–water partition coefficient (Wildman–Crippen LogP) is 6.63. The van der Waals surface area contributed by atoms with Crippen molar-refractivity contribution >= 4 is 16.9 Å². The van der Waals surface area contributed by atoms with Crippen molar-refractivity contribution in [3.05, 3.63) is 60.4 Å². The molecule has 194 valence electrons. The van der Waals surface area contributed by atoms with E-state index in [4.69, 9.17) is 9.15 Å². The molecule has 1 aromatic carbocycles. The number of fused-ring (bicyclic) bond motifs is 1. The molecule has 2 aromatic heterocycles. The van der Waals surface area contributed by atoms with Crippen molar-refractivity contribution in [1.82, 2.24) is 4.98 Å². The Labute approximate surface area is 202 Å². The lowest BCUT2D eigenvalue weighted by molar-refractivity contribution is -0.322. The van der Waals surface area contributed by atoms with Crippen LogP contribution in [0.3, 0.4) is 0 Å². The number of aromatic nitrogens is 1. The Morgan fingerprint density at radius 1 is 1.00 bits per heavy atom. The first-order valence-electron chi connectivity index (χ1n) is 10.9. The van der Waals surface area contributed by atoms with Crippen molar-refractivity contribution in [3.8, 4) is 17.1 Å². The average molecular weight is 515 g/mol. The van der Waals surface area contributed by atoms with E-state index in [2.05, 4.69) is 16.3 Å². The molecule has 5 nitrogen and oxygen atoms in total.